The lowest BCUT2D eigenvalue weighted by atomic mass is 10.2. The van der Waals surface area contributed by atoms with Crippen molar-refractivity contribution in [1.29, 1.82) is 0 Å². The third-order valence-corrected chi connectivity index (χ3v) is 5.63. The van der Waals surface area contributed by atoms with Crippen LogP contribution in [0.3, 0.4) is 0 Å². The normalized spacial score (nSPS) is 15.7. The van der Waals surface area contributed by atoms with Crippen LogP contribution in [-0.2, 0) is 14.8 Å². The van der Waals surface area contributed by atoms with Crippen molar-refractivity contribution in [3.05, 3.63) is 48.3 Å². The highest BCUT2D eigenvalue weighted by Gasteiger charge is 2.27. The Hall–Kier alpha value is -2.49. The smallest absolute Gasteiger partial charge is 0.259 e. The highest BCUT2D eigenvalue weighted by molar-refractivity contribution is 7.89. The first-order valence-corrected chi connectivity index (χ1v) is 9.05. The average Bonchev–Trinajstić information content (AvgIpc) is 2.63. The van der Waals surface area contributed by atoms with Gasteiger partial charge in [-0.15, -0.1) is 0 Å². The van der Waals surface area contributed by atoms with E-state index in [4.69, 9.17) is 4.74 Å². The fourth-order valence-electron chi connectivity index (χ4n) is 2.43. The van der Waals surface area contributed by atoms with Gasteiger partial charge in [-0.05, 0) is 30.3 Å². The van der Waals surface area contributed by atoms with E-state index in [0.29, 0.717) is 18.9 Å². The second kappa shape index (κ2) is 7.18. The number of carbonyl (C=O) groups is 1. The fourth-order valence-corrected chi connectivity index (χ4v) is 3.86. The molecule has 1 aliphatic heterocycles. The van der Waals surface area contributed by atoms with Gasteiger partial charge in [-0.1, -0.05) is 0 Å². The number of phenols is 1. The van der Waals surface area contributed by atoms with Crippen LogP contribution in [0.2, 0.25) is 0 Å². The maximum absolute atomic E-state index is 12.7. The van der Waals surface area contributed by atoms with Crippen molar-refractivity contribution in [2.75, 3.05) is 31.6 Å². The van der Waals surface area contributed by atoms with Gasteiger partial charge in [-0.2, -0.15) is 4.31 Å². The average molecular weight is 363 g/mol. The van der Waals surface area contributed by atoms with E-state index in [1.54, 1.807) is 18.3 Å². The second-order valence-electron chi connectivity index (χ2n) is 5.39. The maximum Gasteiger partial charge on any atom is 0.259 e. The summed E-state index contributed by atoms with van der Waals surface area (Å²) in [5.74, 6) is -0.924. The highest BCUT2D eigenvalue weighted by Crippen LogP contribution is 2.25. The number of anilines is 1. The number of morpholine rings is 1. The topological polar surface area (TPSA) is 109 Å². The zero-order valence-corrected chi connectivity index (χ0v) is 14.1. The number of pyridine rings is 1. The van der Waals surface area contributed by atoms with E-state index in [-0.39, 0.29) is 29.3 Å². The number of nitrogens with one attached hydrogen (secondary N) is 1. The summed E-state index contributed by atoms with van der Waals surface area (Å²) in [5, 5.41) is 12.5. The third kappa shape index (κ3) is 3.78. The van der Waals surface area contributed by atoms with Crippen molar-refractivity contribution in [2.24, 2.45) is 0 Å². The zero-order valence-electron chi connectivity index (χ0n) is 13.3. The Bertz CT molecular complexity index is 865. The number of hydrogen-bond acceptors (Lipinski definition) is 6. The molecular formula is C16H17N3O5S. The summed E-state index contributed by atoms with van der Waals surface area (Å²) in [6.45, 7) is 1.15. The molecule has 2 N–H and O–H groups in total. The number of nitrogens with zero attached hydrogens (tertiary/aromatic N) is 2. The minimum absolute atomic E-state index is 0.0523. The summed E-state index contributed by atoms with van der Waals surface area (Å²) in [5.41, 5.74) is 0.312. The van der Waals surface area contributed by atoms with Crippen molar-refractivity contribution in [1.82, 2.24) is 9.29 Å². The first-order chi connectivity index (χ1) is 12.0. The van der Waals surface area contributed by atoms with Crippen LogP contribution in [0, 0.1) is 0 Å². The molecule has 0 spiro atoms. The minimum Gasteiger partial charge on any atom is -0.507 e. The van der Waals surface area contributed by atoms with Crippen molar-refractivity contribution in [2.45, 2.75) is 4.90 Å². The lowest BCUT2D eigenvalue weighted by Crippen LogP contribution is -2.40. The van der Waals surface area contributed by atoms with Gasteiger partial charge in [0.1, 0.15) is 5.75 Å². The van der Waals surface area contributed by atoms with Gasteiger partial charge in [-0.25, -0.2) is 8.42 Å². The SMILES string of the molecule is O=C(Nc1cccnc1)c1cc(S(=O)(=O)N2CCOCC2)ccc1O. The predicted octanol–water partition coefficient (Wildman–Crippen LogP) is 1.06. The maximum atomic E-state index is 12.7. The van der Waals surface area contributed by atoms with Crippen LogP contribution in [-0.4, -0.2) is 55.0 Å². The number of hydrogen-bond donors (Lipinski definition) is 2. The third-order valence-electron chi connectivity index (χ3n) is 3.74. The molecule has 1 aliphatic rings. The van der Waals surface area contributed by atoms with Crippen LogP contribution in [0.1, 0.15) is 10.4 Å². The van der Waals surface area contributed by atoms with Crippen LogP contribution in [0.25, 0.3) is 0 Å². The molecule has 1 fully saturated rings. The van der Waals surface area contributed by atoms with Crippen LogP contribution >= 0.6 is 0 Å². The zero-order chi connectivity index (χ0) is 17.9. The molecule has 0 atom stereocenters. The van der Waals surface area contributed by atoms with Gasteiger partial charge in [0.25, 0.3) is 5.91 Å². The molecule has 3 rings (SSSR count). The van der Waals surface area contributed by atoms with Crippen molar-refractivity contribution >= 4 is 21.6 Å². The molecule has 132 valence electrons. The summed E-state index contributed by atoms with van der Waals surface area (Å²) < 4.78 is 31.8. The van der Waals surface area contributed by atoms with Gasteiger partial charge in [-0.3, -0.25) is 9.78 Å². The molecular weight excluding hydrogens is 346 g/mol. The molecule has 25 heavy (non-hydrogen) atoms. The standard InChI is InChI=1S/C16H17N3O5S/c20-15-4-3-13(25(22,23)19-6-8-24-9-7-19)10-14(15)16(21)18-12-2-1-5-17-11-12/h1-5,10-11,20H,6-9H2,(H,18,21). The summed E-state index contributed by atoms with van der Waals surface area (Å²) in [6, 6.07) is 6.93. The van der Waals surface area contributed by atoms with Crippen molar-refractivity contribution in [3.63, 3.8) is 0 Å². The van der Waals surface area contributed by atoms with E-state index in [0.717, 1.165) is 0 Å². The number of amides is 1. The summed E-state index contributed by atoms with van der Waals surface area (Å²) in [4.78, 5) is 16.2. The molecule has 0 saturated carbocycles. The summed E-state index contributed by atoms with van der Waals surface area (Å²) in [6.07, 6.45) is 3.01. The van der Waals surface area contributed by atoms with Gasteiger partial charge in [0.15, 0.2) is 0 Å². The van der Waals surface area contributed by atoms with Gasteiger partial charge in [0.05, 0.1) is 35.6 Å². The fraction of sp³-hybridized carbons (Fsp3) is 0.250. The quantitative estimate of drug-likeness (QED) is 0.841. The Balaban J connectivity index is 1.88. The van der Waals surface area contributed by atoms with Crippen molar-refractivity contribution < 1.29 is 23.1 Å². The van der Waals surface area contributed by atoms with Crippen LogP contribution in [0.5, 0.6) is 5.75 Å². The summed E-state index contributed by atoms with van der Waals surface area (Å²) >= 11 is 0. The molecule has 0 aliphatic carbocycles. The minimum atomic E-state index is -3.76. The number of aromatic hydroxyl groups is 1. The monoisotopic (exact) mass is 363 g/mol. The highest BCUT2D eigenvalue weighted by atomic mass is 32.2. The first-order valence-electron chi connectivity index (χ1n) is 7.61. The molecule has 2 aromatic rings. The number of rotatable bonds is 4. The van der Waals surface area contributed by atoms with Gasteiger partial charge in [0.2, 0.25) is 10.0 Å². The number of benzene rings is 1. The number of carbonyl (C=O) groups excluding carboxylic acids is 1. The molecule has 1 amide bonds. The van der Waals surface area contributed by atoms with Gasteiger partial charge >= 0.3 is 0 Å². The molecule has 0 radical (unpaired) electrons. The van der Waals surface area contributed by atoms with E-state index in [1.807, 2.05) is 0 Å². The molecule has 2 heterocycles. The lowest BCUT2D eigenvalue weighted by Gasteiger charge is -2.26. The molecule has 9 heteroatoms. The Labute approximate surface area is 145 Å². The number of phenolic OH excluding ortho intramolecular Hbond substituents is 1. The largest absolute Gasteiger partial charge is 0.507 e. The second-order valence-corrected chi connectivity index (χ2v) is 7.33. The Morgan fingerprint density at radius 1 is 1.24 bits per heavy atom. The van der Waals surface area contributed by atoms with Gasteiger partial charge < -0.3 is 15.2 Å². The summed E-state index contributed by atoms with van der Waals surface area (Å²) in [7, 11) is -3.76. The Morgan fingerprint density at radius 3 is 2.68 bits per heavy atom. The van der Waals surface area contributed by atoms with E-state index in [2.05, 4.69) is 10.3 Å². The van der Waals surface area contributed by atoms with Crippen molar-refractivity contribution in [3.8, 4) is 5.75 Å². The van der Waals surface area contributed by atoms with E-state index < -0.39 is 15.9 Å². The Kier molecular flexibility index (Phi) is 4.98. The molecule has 0 unspecified atom stereocenters. The number of ether oxygens (including phenoxy) is 1. The van der Waals surface area contributed by atoms with Gasteiger partial charge in [0, 0.05) is 19.3 Å². The predicted molar refractivity (Wildman–Crippen MR) is 89.9 cm³/mol. The van der Waals surface area contributed by atoms with E-state index in [1.165, 1.54) is 28.7 Å². The molecule has 1 aromatic carbocycles. The van der Waals surface area contributed by atoms with E-state index in [9.17, 15) is 18.3 Å². The van der Waals surface area contributed by atoms with Crippen LogP contribution < -0.4 is 5.32 Å². The number of sulfonamides is 1. The van der Waals surface area contributed by atoms with Crippen LogP contribution in [0.4, 0.5) is 5.69 Å². The van der Waals surface area contributed by atoms with Crippen LogP contribution in [0.15, 0.2) is 47.6 Å². The molecule has 0 bridgehead atoms. The van der Waals surface area contributed by atoms with E-state index >= 15 is 0 Å². The lowest BCUT2D eigenvalue weighted by molar-refractivity contribution is 0.0730. The Morgan fingerprint density at radius 2 is 2.00 bits per heavy atom. The molecule has 8 nitrogen and oxygen atoms in total. The molecule has 1 aromatic heterocycles. The number of aromatic nitrogens is 1. The molecule has 1 saturated heterocycles. The first kappa shape index (κ1) is 17.3.